The first-order chi connectivity index (χ1) is 16.3. The van der Waals surface area contributed by atoms with Crippen molar-refractivity contribution in [2.45, 2.75) is 24.8 Å². The van der Waals surface area contributed by atoms with Gasteiger partial charge in [-0.3, -0.25) is 9.69 Å². The number of carbonyl (C=O) groups is 2. The lowest BCUT2D eigenvalue weighted by Gasteiger charge is -2.27. The fourth-order valence-corrected chi connectivity index (χ4v) is 5.52. The van der Waals surface area contributed by atoms with E-state index in [1.54, 1.807) is 37.3 Å². The second-order valence-corrected chi connectivity index (χ2v) is 9.70. The van der Waals surface area contributed by atoms with Gasteiger partial charge in [0.1, 0.15) is 10.9 Å². The van der Waals surface area contributed by atoms with E-state index < -0.39 is 33.5 Å². The summed E-state index contributed by atoms with van der Waals surface area (Å²) >= 11 is 0. The van der Waals surface area contributed by atoms with Crippen LogP contribution >= 0.6 is 0 Å². The van der Waals surface area contributed by atoms with Gasteiger partial charge < -0.3 is 9.84 Å². The molecule has 3 aromatic rings. The smallest absolute Gasteiger partial charge is 0.338 e. The van der Waals surface area contributed by atoms with Crippen LogP contribution in [0.5, 0.6) is 0 Å². The molecule has 1 amide bonds. The first-order valence-corrected chi connectivity index (χ1v) is 12.1. The summed E-state index contributed by atoms with van der Waals surface area (Å²) in [5.41, 5.74) is 2.10. The van der Waals surface area contributed by atoms with Crippen molar-refractivity contribution < 1.29 is 27.9 Å². The summed E-state index contributed by atoms with van der Waals surface area (Å²) in [6, 6.07) is 19.7. The fraction of sp³-hybridized carbons (Fsp3) is 0.154. The maximum Gasteiger partial charge on any atom is 0.338 e. The van der Waals surface area contributed by atoms with Crippen LogP contribution in [0.2, 0.25) is 0 Å². The van der Waals surface area contributed by atoms with Crippen LogP contribution in [0.1, 0.15) is 34.5 Å². The topological polar surface area (TPSA) is 101 Å². The zero-order chi connectivity index (χ0) is 24.5. The van der Waals surface area contributed by atoms with Crippen molar-refractivity contribution in [3.05, 3.63) is 106 Å². The van der Waals surface area contributed by atoms with Crippen molar-refractivity contribution in [1.29, 1.82) is 0 Å². The van der Waals surface area contributed by atoms with Crippen molar-refractivity contribution in [2.75, 3.05) is 11.5 Å². The molecule has 0 spiro atoms. The number of nitrogens with zero attached hydrogens (tertiary/aromatic N) is 1. The van der Waals surface area contributed by atoms with Crippen LogP contribution < -0.4 is 4.90 Å². The number of aliphatic hydroxyl groups excluding tert-OH is 1. The number of amides is 1. The van der Waals surface area contributed by atoms with Gasteiger partial charge in [0.2, 0.25) is 9.84 Å². The molecular weight excluding hydrogens is 454 g/mol. The summed E-state index contributed by atoms with van der Waals surface area (Å²) in [5, 5.41) is 10.8. The van der Waals surface area contributed by atoms with E-state index >= 15 is 0 Å². The number of esters is 1. The van der Waals surface area contributed by atoms with E-state index in [9.17, 15) is 23.1 Å². The van der Waals surface area contributed by atoms with Crippen molar-refractivity contribution in [2.24, 2.45) is 0 Å². The standard InChI is InChI=1S/C26H23NO6S/c1-3-33-26(30)19-13-15-20(16-14-19)27-22(18-11-9-17(2)10-12-18)24(23(28)25(27)29)34(31,32)21-7-5-4-6-8-21/h4-16,22,28H,3H2,1-2H3. The first kappa shape index (κ1) is 23.3. The number of sulfone groups is 1. The number of anilines is 1. The van der Waals surface area contributed by atoms with Crippen LogP contribution in [0.4, 0.5) is 5.69 Å². The monoisotopic (exact) mass is 477 g/mol. The molecule has 1 atom stereocenters. The van der Waals surface area contributed by atoms with Gasteiger partial charge in [0.05, 0.1) is 17.1 Å². The number of aryl methyl sites for hydroxylation is 1. The number of carbonyl (C=O) groups excluding carboxylic acids is 2. The van der Waals surface area contributed by atoms with E-state index in [1.165, 1.54) is 41.3 Å². The molecule has 7 nitrogen and oxygen atoms in total. The molecule has 0 fully saturated rings. The molecule has 0 radical (unpaired) electrons. The highest BCUT2D eigenvalue weighted by molar-refractivity contribution is 7.95. The predicted octanol–water partition coefficient (Wildman–Crippen LogP) is 4.50. The Morgan fingerprint density at radius 2 is 1.59 bits per heavy atom. The molecule has 1 aliphatic heterocycles. The molecule has 4 rings (SSSR count). The summed E-state index contributed by atoms with van der Waals surface area (Å²) in [4.78, 5) is 26.1. The van der Waals surface area contributed by atoms with E-state index in [0.29, 0.717) is 16.8 Å². The van der Waals surface area contributed by atoms with E-state index in [-0.39, 0.29) is 16.4 Å². The molecule has 1 unspecified atom stereocenters. The molecule has 3 aromatic carbocycles. The summed E-state index contributed by atoms with van der Waals surface area (Å²) in [5.74, 6) is -2.18. The van der Waals surface area contributed by atoms with E-state index in [4.69, 9.17) is 4.74 Å². The van der Waals surface area contributed by atoms with Gasteiger partial charge in [-0.1, -0.05) is 48.0 Å². The van der Waals surface area contributed by atoms with Crippen molar-refractivity contribution >= 4 is 27.4 Å². The van der Waals surface area contributed by atoms with Gasteiger partial charge in [0, 0.05) is 5.69 Å². The van der Waals surface area contributed by atoms with Crippen molar-refractivity contribution in [3.63, 3.8) is 0 Å². The second-order valence-electron chi connectivity index (χ2n) is 7.79. The molecule has 0 saturated carbocycles. The highest BCUT2D eigenvalue weighted by Gasteiger charge is 2.47. The Labute approximate surface area is 197 Å². The lowest BCUT2D eigenvalue weighted by molar-refractivity contribution is -0.117. The third kappa shape index (κ3) is 4.08. The Kier molecular flexibility index (Phi) is 6.26. The predicted molar refractivity (Wildman–Crippen MR) is 127 cm³/mol. The lowest BCUT2D eigenvalue weighted by atomic mass is 10.0. The zero-order valence-corrected chi connectivity index (χ0v) is 19.5. The van der Waals surface area contributed by atoms with Gasteiger partial charge in [0.25, 0.3) is 5.91 Å². The van der Waals surface area contributed by atoms with E-state index in [1.807, 2.05) is 19.1 Å². The molecule has 1 heterocycles. The molecule has 8 heteroatoms. The highest BCUT2D eigenvalue weighted by atomic mass is 32.2. The van der Waals surface area contributed by atoms with Crippen LogP contribution in [-0.4, -0.2) is 32.0 Å². The number of benzene rings is 3. The molecule has 0 aromatic heterocycles. The number of ether oxygens (including phenoxy) is 1. The van der Waals surface area contributed by atoms with Crippen LogP contribution in [0.3, 0.4) is 0 Å². The summed E-state index contributed by atoms with van der Waals surface area (Å²) in [7, 11) is -4.21. The maximum atomic E-state index is 13.6. The van der Waals surface area contributed by atoms with E-state index in [0.717, 1.165) is 5.56 Å². The van der Waals surface area contributed by atoms with Crippen LogP contribution in [-0.2, 0) is 19.4 Å². The molecule has 0 saturated heterocycles. The Morgan fingerprint density at radius 3 is 2.18 bits per heavy atom. The molecule has 1 N–H and O–H groups in total. The average molecular weight is 478 g/mol. The SMILES string of the molecule is CCOC(=O)c1ccc(N2C(=O)C(O)=C(S(=O)(=O)c3ccccc3)C2c2ccc(C)cc2)cc1. The average Bonchev–Trinajstić information content (AvgIpc) is 3.11. The minimum atomic E-state index is -4.21. The van der Waals surface area contributed by atoms with Gasteiger partial charge in [-0.05, 0) is 55.8 Å². The van der Waals surface area contributed by atoms with Crippen LogP contribution in [0, 0.1) is 6.92 Å². The highest BCUT2D eigenvalue weighted by Crippen LogP contribution is 2.44. The van der Waals surface area contributed by atoms with Crippen LogP contribution in [0.15, 0.2) is 94.4 Å². The minimum absolute atomic E-state index is 0.0269. The van der Waals surface area contributed by atoms with Gasteiger partial charge in [-0.2, -0.15) is 0 Å². The first-order valence-electron chi connectivity index (χ1n) is 10.7. The second kappa shape index (κ2) is 9.15. The molecule has 174 valence electrons. The fourth-order valence-electron chi connectivity index (χ4n) is 3.87. The van der Waals surface area contributed by atoms with E-state index in [2.05, 4.69) is 0 Å². The van der Waals surface area contributed by atoms with Gasteiger partial charge in [-0.15, -0.1) is 0 Å². The third-order valence-electron chi connectivity index (χ3n) is 5.55. The Balaban J connectivity index is 1.85. The van der Waals surface area contributed by atoms with Crippen LogP contribution in [0.25, 0.3) is 0 Å². The lowest BCUT2D eigenvalue weighted by Crippen LogP contribution is -2.31. The normalized spacial score (nSPS) is 16.1. The Bertz CT molecular complexity index is 1360. The summed E-state index contributed by atoms with van der Waals surface area (Å²) < 4.78 is 32.1. The molecular formula is C26H23NO6S. The van der Waals surface area contributed by atoms with Gasteiger partial charge in [-0.25, -0.2) is 13.2 Å². The number of rotatable bonds is 6. The number of aliphatic hydroxyl groups is 1. The largest absolute Gasteiger partial charge is 0.502 e. The van der Waals surface area contributed by atoms with Gasteiger partial charge >= 0.3 is 5.97 Å². The maximum absolute atomic E-state index is 13.6. The minimum Gasteiger partial charge on any atom is -0.502 e. The van der Waals surface area contributed by atoms with Crippen molar-refractivity contribution in [1.82, 2.24) is 0 Å². The molecule has 0 aliphatic carbocycles. The third-order valence-corrected chi connectivity index (χ3v) is 7.44. The Hall–Kier alpha value is -3.91. The molecule has 1 aliphatic rings. The summed E-state index contributed by atoms with van der Waals surface area (Å²) in [6.45, 7) is 3.81. The van der Waals surface area contributed by atoms with Crippen molar-refractivity contribution in [3.8, 4) is 0 Å². The zero-order valence-electron chi connectivity index (χ0n) is 18.6. The molecule has 34 heavy (non-hydrogen) atoms. The quantitative estimate of drug-likeness (QED) is 0.525. The number of hydrogen-bond acceptors (Lipinski definition) is 6. The Morgan fingerprint density at radius 1 is 0.971 bits per heavy atom. The number of hydrogen-bond donors (Lipinski definition) is 1. The molecule has 0 bridgehead atoms. The van der Waals surface area contributed by atoms with Gasteiger partial charge in [0.15, 0.2) is 5.76 Å². The summed E-state index contributed by atoms with van der Waals surface area (Å²) in [6.07, 6.45) is 0.